The van der Waals surface area contributed by atoms with Gasteiger partial charge in [0.25, 0.3) is 6.20 Å². The Morgan fingerprint density at radius 1 is 1.21 bits per heavy atom. The molecule has 2 aliphatic carbocycles. The molecule has 0 aromatic carbocycles. The van der Waals surface area contributed by atoms with Crippen LogP contribution in [0, 0.1) is 29.1 Å². The first kappa shape index (κ1) is 28.7. The third-order valence-electron chi connectivity index (χ3n) is 7.40. The summed E-state index contributed by atoms with van der Waals surface area (Å²) in [5.74, 6) is 5.87. The summed E-state index contributed by atoms with van der Waals surface area (Å²) in [6.07, 6.45) is 9.49. The summed E-state index contributed by atoms with van der Waals surface area (Å²) in [5, 5.41) is 19.8. The zero-order valence-electron chi connectivity index (χ0n) is 23.4. The Hall–Kier alpha value is -3.31. The van der Waals surface area contributed by atoms with Gasteiger partial charge in [-0.15, -0.1) is 11.3 Å². The van der Waals surface area contributed by atoms with E-state index < -0.39 is 5.97 Å². The third-order valence-corrected chi connectivity index (χ3v) is 8.43. The van der Waals surface area contributed by atoms with Gasteiger partial charge in [-0.2, -0.15) is 0 Å². The molecule has 2 heterocycles. The second kappa shape index (κ2) is 11.8. The van der Waals surface area contributed by atoms with Crippen LogP contribution in [0.25, 0.3) is 0 Å². The maximum Gasteiger partial charge on any atom is 0.348 e. The largest absolute Gasteiger partial charge is 0.484 e. The van der Waals surface area contributed by atoms with Gasteiger partial charge in [-0.05, 0) is 84.3 Å². The highest BCUT2D eigenvalue weighted by Gasteiger charge is 2.39. The zero-order valence-corrected chi connectivity index (χ0v) is 24.3. The van der Waals surface area contributed by atoms with Crippen LogP contribution in [0.4, 0.5) is 5.69 Å². The lowest BCUT2D eigenvalue weighted by Crippen LogP contribution is -2.48. The van der Waals surface area contributed by atoms with Crippen LogP contribution in [-0.4, -0.2) is 34.3 Å². The van der Waals surface area contributed by atoms with Gasteiger partial charge in [0.1, 0.15) is 4.88 Å². The number of allylic oxidation sites excluding steroid dienone is 2. The van der Waals surface area contributed by atoms with Crippen LogP contribution in [0.5, 0.6) is 5.75 Å². The number of carbonyl (C=O) groups excluding carboxylic acids is 1. The first-order chi connectivity index (χ1) is 18.4. The van der Waals surface area contributed by atoms with Crippen molar-refractivity contribution in [3.63, 3.8) is 0 Å². The number of carboxylic acid groups (broad SMARTS) is 1. The molecule has 0 unspecified atom stereocenters. The minimum atomic E-state index is -1.04. The number of thiophene rings is 1. The predicted octanol–water partition coefficient (Wildman–Crippen LogP) is 6.08. The SMILES string of the molecule is CC1=CC[C@H](C(=O)N(c2cc(C#CC(C)(C)C)sc2C(=O)O)[C@H]2CC[C@H](Oc3ccc[n+](O)c3)CC2)[C@@H](C)C1. The van der Waals surface area contributed by atoms with Gasteiger partial charge in [-0.1, -0.05) is 30.4 Å². The number of ether oxygens (including phenoxy) is 1. The molecular formula is C31H39N2O5S+. The smallest absolute Gasteiger partial charge is 0.348 e. The number of pyridine rings is 1. The molecule has 2 aromatic heterocycles. The lowest BCUT2D eigenvalue weighted by atomic mass is 9.79. The van der Waals surface area contributed by atoms with E-state index in [2.05, 4.69) is 31.8 Å². The van der Waals surface area contributed by atoms with Crippen molar-refractivity contribution < 1.29 is 29.4 Å². The van der Waals surface area contributed by atoms with E-state index in [4.69, 9.17) is 4.74 Å². The van der Waals surface area contributed by atoms with Crippen LogP contribution in [0.15, 0.2) is 42.2 Å². The second-order valence-electron chi connectivity index (χ2n) is 11.9. The number of hydrogen-bond donors (Lipinski definition) is 2. The molecule has 39 heavy (non-hydrogen) atoms. The fourth-order valence-electron chi connectivity index (χ4n) is 5.46. The number of amides is 1. The highest BCUT2D eigenvalue weighted by atomic mass is 32.1. The predicted molar refractivity (Wildman–Crippen MR) is 151 cm³/mol. The molecule has 0 aliphatic heterocycles. The fraction of sp³-hybridized carbons (Fsp3) is 0.516. The van der Waals surface area contributed by atoms with Crippen molar-refractivity contribution in [2.24, 2.45) is 17.3 Å². The van der Waals surface area contributed by atoms with Crippen molar-refractivity contribution in [3.05, 3.63) is 52.0 Å². The van der Waals surface area contributed by atoms with E-state index in [0.717, 1.165) is 35.3 Å². The van der Waals surface area contributed by atoms with E-state index >= 15 is 0 Å². The van der Waals surface area contributed by atoms with Gasteiger partial charge in [-0.3, -0.25) is 10.0 Å². The molecule has 0 bridgehead atoms. The van der Waals surface area contributed by atoms with Crippen LogP contribution in [0.3, 0.4) is 0 Å². The number of carboxylic acids is 1. The van der Waals surface area contributed by atoms with Crippen molar-refractivity contribution >= 4 is 28.9 Å². The Balaban J connectivity index is 1.64. The number of hydrogen-bond acceptors (Lipinski definition) is 5. The average molecular weight is 552 g/mol. The topological polar surface area (TPSA) is 91.0 Å². The van der Waals surface area contributed by atoms with Crippen molar-refractivity contribution in [2.75, 3.05) is 4.90 Å². The highest BCUT2D eigenvalue weighted by molar-refractivity contribution is 7.15. The monoisotopic (exact) mass is 551 g/mol. The summed E-state index contributed by atoms with van der Waals surface area (Å²) >= 11 is 1.14. The van der Waals surface area contributed by atoms with Crippen LogP contribution in [0.1, 0.15) is 87.7 Å². The van der Waals surface area contributed by atoms with Crippen LogP contribution in [0.2, 0.25) is 0 Å². The standard InChI is InChI=1S/C31H38N2O5S/c1-20-8-13-26(21(2)17-20)29(34)33(27-18-25(14-15-31(3,4)5)39-28(27)30(35)36)22-9-11-23(12-10-22)38-24-7-6-16-32(37)19-24/h6-8,16,18-19,21-23,26H,9-13,17H2,1-5H3,(H-,35,36,37)/p+1/t21-,22-,23-,26-/m0/s1. The molecule has 7 nitrogen and oxygen atoms in total. The molecule has 2 N–H and O–H groups in total. The van der Waals surface area contributed by atoms with E-state index in [0.29, 0.717) is 35.6 Å². The average Bonchev–Trinajstić information content (AvgIpc) is 3.28. The number of rotatable bonds is 6. The Labute approximate surface area is 235 Å². The maximum absolute atomic E-state index is 14.2. The van der Waals surface area contributed by atoms with Gasteiger partial charge in [0.15, 0.2) is 5.75 Å². The van der Waals surface area contributed by atoms with Crippen LogP contribution in [-0.2, 0) is 4.79 Å². The van der Waals surface area contributed by atoms with E-state index in [1.54, 1.807) is 23.1 Å². The van der Waals surface area contributed by atoms with E-state index in [-0.39, 0.29) is 40.2 Å². The first-order valence-corrected chi connectivity index (χ1v) is 14.5. The summed E-state index contributed by atoms with van der Waals surface area (Å²) in [4.78, 5) is 29.2. The first-order valence-electron chi connectivity index (χ1n) is 13.7. The summed E-state index contributed by atoms with van der Waals surface area (Å²) in [6, 6.07) is 5.18. The number of nitrogens with zero attached hydrogens (tertiary/aromatic N) is 2. The summed E-state index contributed by atoms with van der Waals surface area (Å²) in [7, 11) is 0. The van der Waals surface area contributed by atoms with Gasteiger partial charge in [-0.25, -0.2) is 4.79 Å². The lowest BCUT2D eigenvalue weighted by Gasteiger charge is -2.40. The van der Waals surface area contributed by atoms with E-state index in [1.807, 2.05) is 20.8 Å². The maximum atomic E-state index is 14.2. The molecule has 1 saturated carbocycles. The lowest BCUT2D eigenvalue weighted by molar-refractivity contribution is -0.905. The molecule has 4 rings (SSSR count). The highest BCUT2D eigenvalue weighted by Crippen LogP contribution is 2.39. The quantitative estimate of drug-likeness (QED) is 0.196. The molecule has 2 atom stereocenters. The van der Waals surface area contributed by atoms with Crippen LogP contribution >= 0.6 is 11.3 Å². The Morgan fingerprint density at radius 3 is 2.54 bits per heavy atom. The fourth-order valence-corrected chi connectivity index (χ4v) is 6.30. The van der Waals surface area contributed by atoms with Crippen molar-refractivity contribution in [3.8, 4) is 17.6 Å². The molecule has 208 valence electrons. The summed E-state index contributed by atoms with van der Waals surface area (Å²) in [5.41, 5.74) is 1.53. The van der Waals surface area contributed by atoms with E-state index in [9.17, 15) is 19.9 Å². The van der Waals surface area contributed by atoms with Gasteiger partial charge >= 0.3 is 5.97 Å². The molecule has 2 aliphatic rings. The van der Waals surface area contributed by atoms with Crippen molar-refractivity contribution in [1.29, 1.82) is 0 Å². The molecule has 2 aromatic rings. The summed E-state index contributed by atoms with van der Waals surface area (Å²) < 4.78 is 7.07. The Kier molecular flexibility index (Phi) is 8.70. The zero-order chi connectivity index (χ0) is 28.3. The molecular weight excluding hydrogens is 512 g/mol. The number of anilines is 1. The molecule has 0 spiro atoms. The minimum absolute atomic E-state index is 0.00405. The molecule has 8 heteroatoms. The Bertz CT molecular complexity index is 1300. The molecule has 1 amide bonds. The molecule has 0 saturated heterocycles. The van der Waals surface area contributed by atoms with Crippen LogP contribution < -0.4 is 14.4 Å². The van der Waals surface area contributed by atoms with Gasteiger partial charge in [0.2, 0.25) is 12.1 Å². The van der Waals surface area contributed by atoms with E-state index in [1.165, 1.54) is 18.0 Å². The number of aromatic nitrogens is 1. The van der Waals surface area contributed by atoms with Gasteiger partial charge in [0, 0.05) is 28.2 Å². The summed E-state index contributed by atoms with van der Waals surface area (Å²) in [6.45, 7) is 10.2. The molecule has 1 fully saturated rings. The van der Waals surface area contributed by atoms with Gasteiger partial charge < -0.3 is 14.7 Å². The minimum Gasteiger partial charge on any atom is -0.484 e. The second-order valence-corrected chi connectivity index (χ2v) is 12.9. The van der Waals surface area contributed by atoms with Crippen molar-refractivity contribution in [2.45, 2.75) is 85.3 Å². The normalized spacial score (nSPS) is 23.3. The Morgan fingerprint density at radius 2 is 1.92 bits per heavy atom. The number of carbonyl (C=O) groups is 2. The molecule has 0 radical (unpaired) electrons. The third kappa shape index (κ3) is 7.21. The van der Waals surface area contributed by atoms with Gasteiger partial charge in [0.05, 0.1) is 16.7 Å². The van der Waals surface area contributed by atoms with Crippen molar-refractivity contribution in [1.82, 2.24) is 0 Å². The number of aromatic carboxylic acids is 1.